The number of nitrogen functional groups attached to an aromatic ring is 1. The summed E-state index contributed by atoms with van der Waals surface area (Å²) in [5.41, 5.74) is 6.64. The van der Waals surface area contributed by atoms with Gasteiger partial charge in [0.2, 0.25) is 0 Å². The highest BCUT2D eigenvalue weighted by molar-refractivity contribution is 5.66. The molecular formula is C12H17N5O. The van der Waals surface area contributed by atoms with Gasteiger partial charge in [-0.3, -0.25) is 0 Å². The number of aliphatic hydroxyl groups excluding tert-OH is 1. The van der Waals surface area contributed by atoms with Gasteiger partial charge in [-0.25, -0.2) is 9.97 Å². The summed E-state index contributed by atoms with van der Waals surface area (Å²) < 4.78 is 1.89. The molecule has 0 saturated carbocycles. The van der Waals surface area contributed by atoms with Gasteiger partial charge in [-0.1, -0.05) is 0 Å². The summed E-state index contributed by atoms with van der Waals surface area (Å²) in [6.45, 7) is 1.98. The van der Waals surface area contributed by atoms with Crippen molar-refractivity contribution in [2.45, 2.75) is 12.8 Å². The van der Waals surface area contributed by atoms with Crippen molar-refractivity contribution in [3.05, 3.63) is 18.6 Å². The first-order chi connectivity index (χ1) is 8.78. The molecule has 1 aliphatic heterocycles. The van der Waals surface area contributed by atoms with Crippen LogP contribution in [-0.4, -0.2) is 39.2 Å². The highest BCUT2D eigenvalue weighted by Crippen LogP contribution is 2.25. The first-order valence-corrected chi connectivity index (χ1v) is 6.23. The van der Waals surface area contributed by atoms with Crippen molar-refractivity contribution < 1.29 is 5.11 Å². The van der Waals surface area contributed by atoms with Gasteiger partial charge in [0.15, 0.2) is 11.5 Å². The molecule has 0 bridgehead atoms. The zero-order chi connectivity index (χ0) is 12.5. The Balaban J connectivity index is 2.00. The van der Waals surface area contributed by atoms with Gasteiger partial charge >= 0.3 is 0 Å². The molecule has 1 saturated heterocycles. The predicted octanol–water partition coefficient (Wildman–Crippen LogP) is 0.520. The van der Waals surface area contributed by atoms with Crippen LogP contribution in [0.3, 0.4) is 0 Å². The fourth-order valence-electron chi connectivity index (χ4n) is 2.55. The second-order valence-electron chi connectivity index (χ2n) is 4.78. The fraction of sp³-hybridized carbons (Fsp3) is 0.500. The summed E-state index contributed by atoms with van der Waals surface area (Å²) in [5, 5.41) is 9.29. The average Bonchev–Trinajstić information content (AvgIpc) is 2.85. The van der Waals surface area contributed by atoms with Crippen LogP contribution in [0, 0.1) is 5.92 Å². The number of aliphatic hydroxyl groups is 1. The molecule has 1 unspecified atom stereocenters. The van der Waals surface area contributed by atoms with Gasteiger partial charge in [0.1, 0.15) is 5.82 Å². The molecule has 18 heavy (non-hydrogen) atoms. The number of aromatic nitrogens is 3. The second-order valence-corrected chi connectivity index (χ2v) is 4.78. The Hall–Kier alpha value is -1.82. The third kappa shape index (κ3) is 1.88. The lowest BCUT2D eigenvalue weighted by Crippen LogP contribution is -2.37. The van der Waals surface area contributed by atoms with Crippen LogP contribution in [0.4, 0.5) is 11.6 Å². The second kappa shape index (κ2) is 4.45. The number of anilines is 2. The fourth-order valence-corrected chi connectivity index (χ4v) is 2.55. The number of rotatable bonds is 2. The molecule has 0 aliphatic carbocycles. The van der Waals surface area contributed by atoms with Crippen molar-refractivity contribution in [3.8, 4) is 0 Å². The minimum Gasteiger partial charge on any atom is -0.396 e. The molecule has 2 aromatic heterocycles. The summed E-state index contributed by atoms with van der Waals surface area (Å²) in [7, 11) is 0. The van der Waals surface area contributed by atoms with Crippen molar-refractivity contribution in [1.29, 1.82) is 0 Å². The first-order valence-electron chi connectivity index (χ1n) is 6.23. The molecule has 0 spiro atoms. The smallest absolute Gasteiger partial charge is 0.180 e. The van der Waals surface area contributed by atoms with Crippen molar-refractivity contribution >= 4 is 17.3 Å². The molecule has 0 aromatic carbocycles. The van der Waals surface area contributed by atoms with E-state index in [1.54, 1.807) is 12.4 Å². The molecule has 3 heterocycles. The number of nitrogens with zero attached hydrogens (tertiary/aromatic N) is 4. The van der Waals surface area contributed by atoms with Crippen LogP contribution in [0.2, 0.25) is 0 Å². The maximum absolute atomic E-state index is 9.29. The molecule has 1 fully saturated rings. The van der Waals surface area contributed by atoms with E-state index in [-0.39, 0.29) is 6.61 Å². The molecule has 3 rings (SSSR count). The van der Waals surface area contributed by atoms with Crippen molar-refractivity contribution in [2.75, 3.05) is 30.3 Å². The summed E-state index contributed by atoms with van der Waals surface area (Å²) in [6, 6.07) is 0. The van der Waals surface area contributed by atoms with E-state index in [0.29, 0.717) is 11.7 Å². The average molecular weight is 247 g/mol. The monoisotopic (exact) mass is 247 g/mol. The third-order valence-corrected chi connectivity index (χ3v) is 3.45. The van der Waals surface area contributed by atoms with E-state index >= 15 is 0 Å². The Morgan fingerprint density at radius 3 is 3.22 bits per heavy atom. The van der Waals surface area contributed by atoms with Crippen molar-refractivity contribution in [2.24, 2.45) is 5.92 Å². The predicted molar refractivity (Wildman–Crippen MR) is 69.4 cm³/mol. The SMILES string of the molecule is Nc1cn2ccnc2c(N2CCCC(CO)C2)n1. The molecule has 6 heteroatoms. The summed E-state index contributed by atoms with van der Waals surface area (Å²) >= 11 is 0. The van der Waals surface area contributed by atoms with Gasteiger partial charge in [0, 0.05) is 32.1 Å². The quantitative estimate of drug-likeness (QED) is 0.808. The van der Waals surface area contributed by atoms with E-state index < -0.39 is 0 Å². The summed E-state index contributed by atoms with van der Waals surface area (Å²) in [4.78, 5) is 10.9. The standard InChI is InChI=1S/C12H17N5O/c13-10-7-17-5-3-14-11(17)12(15-10)16-4-1-2-9(6-16)8-18/h3,5,7,9,18H,1-2,4,6,8,13H2. The lowest BCUT2D eigenvalue weighted by Gasteiger charge is -2.32. The van der Waals surface area contributed by atoms with Crippen LogP contribution in [0.25, 0.3) is 5.65 Å². The zero-order valence-corrected chi connectivity index (χ0v) is 10.2. The van der Waals surface area contributed by atoms with E-state index in [1.165, 1.54) is 0 Å². The largest absolute Gasteiger partial charge is 0.396 e. The number of piperidine rings is 1. The Morgan fingerprint density at radius 1 is 1.50 bits per heavy atom. The zero-order valence-electron chi connectivity index (χ0n) is 10.2. The van der Waals surface area contributed by atoms with E-state index in [9.17, 15) is 5.11 Å². The van der Waals surface area contributed by atoms with Crippen LogP contribution >= 0.6 is 0 Å². The number of hydrogen-bond donors (Lipinski definition) is 2. The number of nitrogens with two attached hydrogens (primary N) is 1. The highest BCUT2D eigenvalue weighted by Gasteiger charge is 2.22. The minimum atomic E-state index is 0.226. The molecule has 96 valence electrons. The molecule has 1 aliphatic rings. The molecule has 6 nitrogen and oxygen atoms in total. The van der Waals surface area contributed by atoms with Gasteiger partial charge in [0.25, 0.3) is 0 Å². The summed E-state index contributed by atoms with van der Waals surface area (Å²) in [5.74, 6) is 1.62. The minimum absolute atomic E-state index is 0.226. The Kier molecular flexibility index (Phi) is 2.79. The van der Waals surface area contributed by atoms with E-state index in [1.807, 2.05) is 10.6 Å². The van der Waals surface area contributed by atoms with Crippen LogP contribution in [0.5, 0.6) is 0 Å². The van der Waals surface area contributed by atoms with Gasteiger partial charge < -0.3 is 20.1 Å². The first kappa shape index (κ1) is 11.3. The van der Waals surface area contributed by atoms with Crippen LogP contribution in [-0.2, 0) is 0 Å². The lowest BCUT2D eigenvalue weighted by atomic mass is 9.99. The van der Waals surface area contributed by atoms with Crippen molar-refractivity contribution in [3.63, 3.8) is 0 Å². The van der Waals surface area contributed by atoms with E-state index in [0.717, 1.165) is 37.4 Å². The van der Waals surface area contributed by atoms with E-state index in [4.69, 9.17) is 5.73 Å². The van der Waals surface area contributed by atoms with Gasteiger partial charge in [-0.15, -0.1) is 0 Å². The summed E-state index contributed by atoms with van der Waals surface area (Å²) in [6.07, 6.45) is 7.51. The molecular weight excluding hydrogens is 230 g/mol. The number of hydrogen-bond acceptors (Lipinski definition) is 5. The highest BCUT2D eigenvalue weighted by atomic mass is 16.3. The third-order valence-electron chi connectivity index (χ3n) is 3.45. The van der Waals surface area contributed by atoms with Crippen LogP contribution in [0.1, 0.15) is 12.8 Å². The van der Waals surface area contributed by atoms with Crippen LogP contribution < -0.4 is 10.6 Å². The Bertz CT molecular complexity index is 552. The number of imidazole rings is 1. The molecule has 2 aromatic rings. The Labute approximate surface area is 105 Å². The molecule has 0 radical (unpaired) electrons. The lowest BCUT2D eigenvalue weighted by molar-refractivity contribution is 0.208. The number of fused-ring (bicyclic) bond motifs is 1. The van der Waals surface area contributed by atoms with Crippen LogP contribution in [0.15, 0.2) is 18.6 Å². The maximum atomic E-state index is 9.29. The molecule has 0 amide bonds. The van der Waals surface area contributed by atoms with E-state index in [2.05, 4.69) is 14.9 Å². The molecule has 3 N–H and O–H groups in total. The maximum Gasteiger partial charge on any atom is 0.180 e. The Morgan fingerprint density at radius 2 is 2.39 bits per heavy atom. The van der Waals surface area contributed by atoms with Gasteiger partial charge in [0.05, 0.1) is 6.20 Å². The van der Waals surface area contributed by atoms with Crippen molar-refractivity contribution in [1.82, 2.24) is 14.4 Å². The topological polar surface area (TPSA) is 79.7 Å². The molecule has 1 atom stereocenters. The normalized spacial score (nSPS) is 20.5. The van der Waals surface area contributed by atoms with Gasteiger partial charge in [-0.2, -0.15) is 0 Å². The van der Waals surface area contributed by atoms with Gasteiger partial charge in [-0.05, 0) is 18.8 Å².